The van der Waals surface area contributed by atoms with E-state index >= 15 is 0 Å². The Morgan fingerprint density at radius 3 is 3.06 bits per heavy atom. The van der Waals surface area contributed by atoms with E-state index in [9.17, 15) is 4.39 Å². The van der Waals surface area contributed by atoms with Crippen LogP contribution < -0.4 is 5.32 Å². The highest BCUT2D eigenvalue weighted by molar-refractivity contribution is 5.21. The Bertz CT molecular complexity index is 426. The molecule has 18 heavy (non-hydrogen) atoms. The summed E-state index contributed by atoms with van der Waals surface area (Å²) in [5.74, 6) is 6.11. The molecule has 1 N–H and O–H groups in total. The molecule has 0 spiro atoms. The van der Waals surface area contributed by atoms with E-state index in [4.69, 9.17) is 0 Å². The summed E-state index contributed by atoms with van der Waals surface area (Å²) in [6, 6.07) is 6.64. The quantitative estimate of drug-likeness (QED) is 0.799. The van der Waals surface area contributed by atoms with Crippen molar-refractivity contribution in [1.29, 1.82) is 0 Å². The molecule has 1 aromatic rings. The SMILES string of the molecule is Fc1cccc(CC#CCN2CCCNCC2)c1. The lowest BCUT2D eigenvalue weighted by Gasteiger charge is -2.15. The van der Waals surface area contributed by atoms with Gasteiger partial charge in [0.2, 0.25) is 0 Å². The number of nitrogens with zero attached hydrogens (tertiary/aromatic N) is 1. The summed E-state index contributed by atoms with van der Waals surface area (Å²) >= 11 is 0. The van der Waals surface area contributed by atoms with Crippen LogP contribution in [0, 0.1) is 17.7 Å². The Balaban J connectivity index is 1.78. The van der Waals surface area contributed by atoms with Gasteiger partial charge in [-0.15, -0.1) is 0 Å². The molecule has 0 saturated carbocycles. The van der Waals surface area contributed by atoms with E-state index in [1.807, 2.05) is 6.07 Å². The van der Waals surface area contributed by atoms with Crippen molar-refractivity contribution in [1.82, 2.24) is 10.2 Å². The third-order valence-electron chi connectivity index (χ3n) is 3.04. The van der Waals surface area contributed by atoms with E-state index < -0.39 is 0 Å². The molecule has 1 heterocycles. The van der Waals surface area contributed by atoms with Gasteiger partial charge in [0.05, 0.1) is 6.54 Å². The van der Waals surface area contributed by atoms with Gasteiger partial charge in [-0.2, -0.15) is 0 Å². The normalized spacial score (nSPS) is 16.7. The Kier molecular flexibility index (Phi) is 5.19. The molecule has 0 amide bonds. The van der Waals surface area contributed by atoms with Gasteiger partial charge in [0, 0.05) is 26.1 Å². The Morgan fingerprint density at radius 2 is 2.17 bits per heavy atom. The molecule has 3 heteroatoms. The maximum absolute atomic E-state index is 12.9. The molecule has 2 rings (SSSR count). The zero-order valence-corrected chi connectivity index (χ0v) is 10.6. The summed E-state index contributed by atoms with van der Waals surface area (Å²) < 4.78 is 12.9. The number of hydrogen-bond donors (Lipinski definition) is 1. The molecule has 1 aromatic carbocycles. The van der Waals surface area contributed by atoms with E-state index in [0.29, 0.717) is 6.42 Å². The number of halogens is 1. The highest BCUT2D eigenvalue weighted by atomic mass is 19.1. The van der Waals surface area contributed by atoms with Gasteiger partial charge in [-0.25, -0.2) is 4.39 Å². The van der Waals surface area contributed by atoms with Crippen LogP contribution in [0.2, 0.25) is 0 Å². The smallest absolute Gasteiger partial charge is 0.123 e. The second-order valence-corrected chi connectivity index (χ2v) is 4.54. The van der Waals surface area contributed by atoms with E-state index in [0.717, 1.165) is 38.3 Å². The zero-order chi connectivity index (χ0) is 12.6. The first-order valence-corrected chi connectivity index (χ1v) is 6.48. The van der Waals surface area contributed by atoms with Crippen molar-refractivity contribution >= 4 is 0 Å². The summed E-state index contributed by atoms with van der Waals surface area (Å²) in [6.45, 7) is 5.14. The van der Waals surface area contributed by atoms with Gasteiger partial charge < -0.3 is 5.32 Å². The van der Waals surface area contributed by atoms with Gasteiger partial charge in [-0.05, 0) is 30.7 Å². The molecule has 2 nitrogen and oxygen atoms in total. The van der Waals surface area contributed by atoms with Gasteiger partial charge in [-0.1, -0.05) is 24.0 Å². The molecule has 0 unspecified atom stereocenters. The van der Waals surface area contributed by atoms with Crippen LogP contribution >= 0.6 is 0 Å². The second kappa shape index (κ2) is 7.15. The van der Waals surface area contributed by atoms with Crippen molar-refractivity contribution in [2.45, 2.75) is 12.8 Å². The summed E-state index contributed by atoms with van der Waals surface area (Å²) in [4.78, 5) is 2.36. The topological polar surface area (TPSA) is 15.3 Å². The first-order chi connectivity index (χ1) is 8.84. The molecular weight excluding hydrogens is 227 g/mol. The Morgan fingerprint density at radius 1 is 1.22 bits per heavy atom. The highest BCUT2D eigenvalue weighted by Gasteiger charge is 2.05. The van der Waals surface area contributed by atoms with E-state index in [1.165, 1.54) is 12.5 Å². The molecule has 0 bridgehead atoms. The summed E-state index contributed by atoms with van der Waals surface area (Å²) in [5.41, 5.74) is 0.944. The zero-order valence-electron chi connectivity index (χ0n) is 10.6. The van der Waals surface area contributed by atoms with Crippen LogP contribution in [0.4, 0.5) is 4.39 Å². The molecule has 1 fully saturated rings. The number of hydrogen-bond acceptors (Lipinski definition) is 2. The largest absolute Gasteiger partial charge is 0.315 e. The molecular formula is C15H19FN2. The molecule has 0 radical (unpaired) electrons. The third kappa shape index (κ3) is 4.48. The van der Waals surface area contributed by atoms with E-state index in [1.54, 1.807) is 12.1 Å². The summed E-state index contributed by atoms with van der Waals surface area (Å²) in [6.07, 6.45) is 1.81. The Labute approximate surface area is 108 Å². The molecule has 0 atom stereocenters. The molecule has 0 aliphatic carbocycles. The average molecular weight is 246 g/mol. The predicted molar refractivity (Wildman–Crippen MR) is 71.8 cm³/mol. The fourth-order valence-corrected chi connectivity index (χ4v) is 2.04. The van der Waals surface area contributed by atoms with Crippen molar-refractivity contribution in [3.8, 4) is 11.8 Å². The second-order valence-electron chi connectivity index (χ2n) is 4.54. The van der Waals surface area contributed by atoms with Crippen LogP contribution in [0.1, 0.15) is 12.0 Å². The fraction of sp³-hybridized carbons (Fsp3) is 0.467. The number of benzene rings is 1. The van der Waals surface area contributed by atoms with Gasteiger partial charge in [0.1, 0.15) is 5.82 Å². The Hall–Kier alpha value is -1.37. The van der Waals surface area contributed by atoms with Gasteiger partial charge >= 0.3 is 0 Å². The predicted octanol–water partition coefficient (Wildman–Crippen LogP) is 1.67. The number of rotatable bonds is 2. The minimum atomic E-state index is -0.187. The first-order valence-electron chi connectivity index (χ1n) is 6.48. The van der Waals surface area contributed by atoms with Crippen LogP contribution in [-0.2, 0) is 6.42 Å². The van der Waals surface area contributed by atoms with Crippen molar-refractivity contribution in [3.05, 3.63) is 35.6 Å². The summed E-state index contributed by atoms with van der Waals surface area (Å²) in [5, 5.41) is 3.37. The average Bonchev–Trinajstić information content (AvgIpc) is 2.63. The third-order valence-corrected chi connectivity index (χ3v) is 3.04. The van der Waals surface area contributed by atoms with Gasteiger partial charge in [-0.3, -0.25) is 4.90 Å². The van der Waals surface area contributed by atoms with Gasteiger partial charge in [0.15, 0.2) is 0 Å². The minimum absolute atomic E-state index is 0.187. The molecule has 1 aliphatic heterocycles. The highest BCUT2D eigenvalue weighted by Crippen LogP contribution is 2.03. The molecule has 96 valence electrons. The monoisotopic (exact) mass is 246 g/mol. The lowest BCUT2D eigenvalue weighted by molar-refractivity contribution is 0.329. The van der Waals surface area contributed by atoms with Crippen LogP contribution in [0.15, 0.2) is 24.3 Å². The molecule has 1 saturated heterocycles. The lowest BCUT2D eigenvalue weighted by atomic mass is 10.1. The standard InChI is InChI=1S/C15H19FN2/c16-15-7-3-6-14(13-15)5-1-2-10-18-11-4-8-17-9-12-18/h3,6-7,13,17H,4-5,8-12H2. The van der Waals surface area contributed by atoms with Gasteiger partial charge in [0.25, 0.3) is 0 Å². The van der Waals surface area contributed by atoms with E-state index in [-0.39, 0.29) is 5.82 Å². The van der Waals surface area contributed by atoms with Crippen molar-refractivity contribution < 1.29 is 4.39 Å². The van der Waals surface area contributed by atoms with Crippen LogP contribution in [0.3, 0.4) is 0 Å². The van der Waals surface area contributed by atoms with Crippen molar-refractivity contribution in [2.75, 3.05) is 32.7 Å². The first kappa shape index (κ1) is 13.1. The summed E-state index contributed by atoms with van der Waals surface area (Å²) in [7, 11) is 0. The fourth-order valence-electron chi connectivity index (χ4n) is 2.04. The van der Waals surface area contributed by atoms with Crippen molar-refractivity contribution in [3.63, 3.8) is 0 Å². The maximum Gasteiger partial charge on any atom is 0.123 e. The van der Waals surface area contributed by atoms with Crippen LogP contribution in [0.25, 0.3) is 0 Å². The minimum Gasteiger partial charge on any atom is -0.315 e. The molecule has 0 aromatic heterocycles. The maximum atomic E-state index is 12.9. The van der Waals surface area contributed by atoms with Crippen LogP contribution in [0.5, 0.6) is 0 Å². The molecule has 1 aliphatic rings. The van der Waals surface area contributed by atoms with Crippen molar-refractivity contribution in [2.24, 2.45) is 0 Å². The number of nitrogens with one attached hydrogen (secondary N) is 1. The lowest BCUT2D eigenvalue weighted by Crippen LogP contribution is -2.28. The van der Waals surface area contributed by atoms with E-state index in [2.05, 4.69) is 22.1 Å². The van der Waals surface area contributed by atoms with Crippen LogP contribution in [-0.4, -0.2) is 37.6 Å².